The number of anilines is 1. The van der Waals surface area contributed by atoms with Gasteiger partial charge in [0.2, 0.25) is 0 Å². The maximum Gasteiger partial charge on any atom is 0.140 e. The predicted octanol–water partition coefficient (Wildman–Crippen LogP) is 1.04. The molecule has 1 rings (SSSR count). The second kappa shape index (κ2) is 5.20. The molecule has 0 radical (unpaired) electrons. The third kappa shape index (κ3) is 2.71. The van der Waals surface area contributed by atoms with Gasteiger partial charge in [0.15, 0.2) is 0 Å². The first kappa shape index (κ1) is 10.5. The molecule has 0 aliphatic carbocycles. The highest BCUT2D eigenvalue weighted by Gasteiger charge is 2.00. The van der Waals surface area contributed by atoms with Gasteiger partial charge in [0.05, 0.1) is 18.5 Å². The number of hydrogen-bond acceptors (Lipinski definition) is 4. The van der Waals surface area contributed by atoms with Crippen LogP contribution in [0.1, 0.15) is 5.69 Å². The highest BCUT2D eigenvalue weighted by atomic mass is 16.5. The van der Waals surface area contributed by atoms with Gasteiger partial charge >= 0.3 is 0 Å². The fraction of sp³-hybridized carbons (Fsp3) is 0.400. The van der Waals surface area contributed by atoms with Gasteiger partial charge in [-0.25, -0.2) is 4.98 Å². The van der Waals surface area contributed by atoms with Crippen molar-refractivity contribution in [2.45, 2.75) is 0 Å². The summed E-state index contributed by atoms with van der Waals surface area (Å²) in [5.41, 5.74) is 1.43. The Labute approximate surface area is 83.7 Å². The largest absolute Gasteiger partial charge is 0.383 e. The van der Waals surface area contributed by atoms with Crippen molar-refractivity contribution in [3.63, 3.8) is 0 Å². The molecule has 74 valence electrons. The minimum absolute atomic E-state index is 0.439. The topological polar surface area (TPSA) is 49.1 Å². The molecule has 0 amide bonds. The van der Waals surface area contributed by atoms with E-state index in [9.17, 15) is 0 Å². The number of nitriles is 1. The number of pyridine rings is 1. The van der Waals surface area contributed by atoms with Crippen molar-refractivity contribution in [2.24, 2.45) is 0 Å². The summed E-state index contributed by atoms with van der Waals surface area (Å²) in [5.74, 6) is 0. The third-order valence-corrected chi connectivity index (χ3v) is 1.93. The summed E-state index contributed by atoms with van der Waals surface area (Å²) < 4.78 is 4.96. The molecule has 0 aromatic carbocycles. The summed E-state index contributed by atoms with van der Waals surface area (Å²) in [5, 5.41) is 8.56. The fourth-order valence-electron chi connectivity index (χ4n) is 1.04. The number of likely N-dealkylation sites (N-methyl/N-ethyl adjacent to an activating group) is 1. The molecular weight excluding hydrogens is 178 g/mol. The van der Waals surface area contributed by atoms with Crippen LogP contribution < -0.4 is 4.90 Å². The van der Waals surface area contributed by atoms with Crippen LogP contribution in [0.3, 0.4) is 0 Å². The minimum Gasteiger partial charge on any atom is -0.383 e. The maximum absolute atomic E-state index is 8.56. The van der Waals surface area contributed by atoms with Crippen LogP contribution in [-0.4, -0.2) is 32.3 Å². The van der Waals surface area contributed by atoms with E-state index in [2.05, 4.69) is 4.98 Å². The smallest absolute Gasteiger partial charge is 0.140 e. The standard InChI is InChI=1S/C10H13N3O/c1-13(5-6-14-2)10-4-3-9(7-11)12-8-10/h3-4,8H,5-6H2,1-2H3. The molecule has 0 bridgehead atoms. The van der Waals surface area contributed by atoms with Crippen molar-refractivity contribution in [3.8, 4) is 6.07 Å². The predicted molar refractivity (Wildman–Crippen MR) is 54.1 cm³/mol. The van der Waals surface area contributed by atoms with Gasteiger partial charge in [-0.05, 0) is 12.1 Å². The average Bonchev–Trinajstić information content (AvgIpc) is 2.26. The lowest BCUT2D eigenvalue weighted by molar-refractivity contribution is 0.206. The first-order chi connectivity index (χ1) is 6.77. The highest BCUT2D eigenvalue weighted by molar-refractivity contribution is 5.44. The van der Waals surface area contributed by atoms with E-state index in [1.54, 1.807) is 19.4 Å². The van der Waals surface area contributed by atoms with Crippen LogP contribution in [0.15, 0.2) is 18.3 Å². The van der Waals surface area contributed by atoms with Crippen LogP contribution in [0.4, 0.5) is 5.69 Å². The van der Waals surface area contributed by atoms with Gasteiger partial charge < -0.3 is 9.64 Å². The number of ether oxygens (including phenoxy) is 1. The van der Waals surface area contributed by atoms with Crippen LogP contribution in [-0.2, 0) is 4.74 Å². The summed E-state index contributed by atoms with van der Waals surface area (Å²) in [7, 11) is 3.63. The molecule has 0 spiro atoms. The Morgan fingerprint density at radius 2 is 2.36 bits per heavy atom. The Kier molecular flexibility index (Phi) is 3.89. The molecular formula is C10H13N3O. The van der Waals surface area contributed by atoms with Gasteiger partial charge in [0.25, 0.3) is 0 Å². The molecule has 0 aliphatic heterocycles. The molecule has 0 unspecified atom stereocenters. The van der Waals surface area contributed by atoms with E-state index in [4.69, 9.17) is 10.00 Å². The quantitative estimate of drug-likeness (QED) is 0.713. The van der Waals surface area contributed by atoms with Crippen LogP contribution in [0.25, 0.3) is 0 Å². The lowest BCUT2D eigenvalue weighted by Crippen LogP contribution is -2.22. The number of methoxy groups -OCH3 is 1. The minimum atomic E-state index is 0.439. The van der Waals surface area contributed by atoms with E-state index < -0.39 is 0 Å². The van der Waals surface area contributed by atoms with E-state index in [-0.39, 0.29) is 0 Å². The Balaban J connectivity index is 2.63. The van der Waals surface area contributed by atoms with E-state index >= 15 is 0 Å². The molecule has 0 atom stereocenters. The van der Waals surface area contributed by atoms with Crippen molar-refractivity contribution in [1.29, 1.82) is 5.26 Å². The van der Waals surface area contributed by atoms with Crippen molar-refractivity contribution < 1.29 is 4.74 Å². The van der Waals surface area contributed by atoms with Gasteiger partial charge in [-0.1, -0.05) is 0 Å². The van der Waals surface area contributed by atoms with Crippen LogP contribution in [0.2, 0.25) is 0 Å². The van der Waals surface area contributed by atoms with Gasteiger partial charge in [0.1, 0.15) is 11.8 Å². The van der Waals surface area contributed by atoms with Crippen molar-refractivity contribution >= 4 is 5.69 Å². The van der Waals surface area contributed by atoms with E-state index in [1.807, 2.05) is 24.1 Å². The molecule has 0 N–H and O–H groups in total. The molecule has 0 fully saturated rings. The number of hydrogen-bond donors (Lipinski definition) is 0. The summed E-state index contributed by atoms with van der Waals surface area (Å²) in [6.07, 6.45) is 1.69. The fourth-order valence-corrected chi connectivity index (χ4v) is 1.04. The normalized spacial score (nSPS) is 9.50. The molecule has 0 aliphatic rings. The molecule has 4 heteroatoms. The molecule has 1 aromatic heterocycles. The Morgan fingerprint density at radius 3 is 2.86 bits per heavy atom. The first-order valence-electron chi connectivity index (χ1n) is 4.34. The Bertz CT molecular complexity index is 315. The number of nitrogens with zero attached hydrogens (tertiary/aromatic N) is 3. The molecule has 0 saturated heterocycles. The number of aromatic nitrogens is 1. The van der Waals surface area contributed by atoms with E-state index in [1.165, 1.54) is 0 Å². The SMILES string of the molecule is COCCN(C)c1ccc(C#N)nc1. The summed E-state index contributed by atoms with van der Waals surface area (Å²) in [6, 6.07) is 5.57. The van der Waals surface area contributed by atoms with Gasteiger partial charge in [-0.15, -0.1) is 0 Å². The Hall–Kier alpha value is -1.60. The lowest BCUT2D eigenvalue weighted by Gasteiger charge is -2.17. The first-order valence-corrected chi connectivity index (χ1v) is 4.34. The maximum atomic E-state index is 8.56. The highest BCUT2D eigenvalue weighted by Crippen LogP contribution is 2.10. The zero-order valence-electron chi connectivity index (χ0n) is 8.40. The second-order valence-corrected chi connectivity index (χ2v) is 2.93. The average molecular weight is 191 g/mol. The summed E-state index contributed by atoms with van der Waals surface area (Å²) in [4.78, 5) is 6.01. The van der Waals surface area contributed by atoms with Crippen molar-refractivity contribution in [2.75, 3.05) is 32.2 Å². The zero-order chi connectivity index (χ0) is 10.4. The van der Waals surface area contributed by atoms with Crippen LogP contribution >= 0.6 is 0 Å². The second-order valence-electron chi connectivity index (χ2n) is 2.93. The molecule has 1 heterocycles. The summed E-state index contributed by atoms with van der Waals surface area (Å²) >= 11 is 0. The van der Waals surface area contributed by atoms with Crippen molar-refractivity contribution in [1.82, 2.24) is 4.98 Å². The zero-order valence-corrected chi connectivity index (χ0v) is 8.40. The van der Waals surface area contributed by atoms with Crippen LogP contribution in [0.5, 0.6) is 0 Å². The van der Waals surface area contributed by atoms with Gasteiger partial charge in [-0.2, -0.15) is 5.26 Å². The van der Waals surface area contributed by atoms with E-state index in [0.29, 0.717) is 12.3 Å². The van der Waals surface area contributed by atoms with Gasteiger partial charge in [-0.3, -0.25) is 0 Å². The van der Waals surface area contributed by atoms with E-state index in [0.717, 1.165) is 12.2 Å². The van der Waals surface area contributed by atoms with Crippen molar-refractivity contribution in [3.05, 3.63) is 24.0 Å². The lowest BCUT2D eigenvalue weighted by atomic mass is 10.3. The molecule has 0 saturated carbocycles. The monoisotopic (exact) mass is 191 g/mol. The molecule has 1 aromatic rings. The molecule has 4 nitrogen and oxygen atoms in total. The summed E-state index contributed by atoms with van der Waals surface area (Å²) in [6.45, 7) is 1.49. The van der Waals surface area contributed by atoms with Gasteiger partial charge in [0, 0.05) is 20.7 Å². The number of rotatable bonds is 4. The van der Waals surface area contributed by atoms with Crippen LogP contribution in [0, 0.1) is 11.3 Å². The Morgan fingerprint density at radius 1 is 1.57 bits per heavy atom. The third-order valence-electron chi connectivity index (χ3n) is 1.93. The molecule has 14 heavy (non-hydrogen) atoms.